The number of pyridine rings is 1. The van der Waals surface area contributed by atoms with Crippen LogP contribution in [0, 0.1) is 0 Å². The molecule has 22 heavy (non-hydrogen) atoms. The number of nitrogens with one attached hydrogen (secondary N) is 1. The Balaban J connectivity index is 1.78. The predicted octanol–water partition coefficient (Wildman–Crippen LogP) is 1.78. The van der Waals surface area contributed by atoms with Gasteiger partial charge in [0.15, 0.2) is 0 Å². The van der Waals surface area contributed by atoms with E-state index in [1.165, 1.54) is 10.6 Å². The van der Waals surface area contributed by atoms with E-state index < -0.39 is 10.0 Å². The monoisotopic (exact) mass is 321 g/mol. The lowest BCUT2D eigenvalue weighted by Gasteiger charge is -2.31. The van der Waals surface area contributed by atoms with Crippen molar-refractivity contribution in [3.63, 3.8) is 0 Å². The van der Waals surface area contributed by atoms with Gasteiger partial charge in [-0.3, -0.25) is 4.98 Å². The van der Waals surface area contributed by atoms with Crippen LogP contribution >= 0.6 is 0 Å². The maximum absolute atomic E-state index is 11.5. The van der Waals surface area contributed by atoms with Gasteiger partial charge in [0.25, 0.3) is 0 Å². The van der Waals surface area contributed by atoms with Gasteiger partial charge in [-0.1, -0.05) is 0 Å². The van der Waals surface area contributed by atoms with Gasteiger partial charge in [0.1, 0.15) is 5.75 Å². The zero-order chi connectivity index (χ0) is 15.7. The minimum absolute atomic E-state index is 0.184. The van der Waals surface area contributed by atoms with Gasteiger partial charge in [-0.2, -0.15) is 0 Å². The lowest BCUT2D eigenvalue weighted by Crippen LogP contribution is -2.41. The predicted molar refractivity (Wildman–Crippen MR) is 86.5 cm³/mol. The highest BCUT2D eigenvalue weighted by Crippen LogP contribution is 2.29. The molecule has 1 saturated heterocycles. The molecule has 0 bridgehead atoms. The maximum Gasteiger partial charge on any atom is 0.211 e. The highest BCUT2D eigenvalue weighted by atomic mass is 32.2. The molecule has 3 rings (SSSR count). The zero-order valence-corrected chi connectivity index (χ0v) is 13.2. The Labute approximate surface area is 129 Å². The third-order valence-corrected chi connectivity index (χ3v) is 5.33. The van der Waals surface area contributed by atoms with Crippen LogP contribution < -0.4 is 5.32 Å². The molecule has 1 aromatic carbocycles. The number of hydrogen-bond donors (Lipinski definition) is 2. The smallest absolute Gasteiger partial charge is 0.211 e. The summed E-state index contributed by atoms with van der Waals surface area (Å²) >= 11 is 0. The van der Waals surface area contributed by atoms with E-state index in [1.54, 1.807) is 24.5 Å². The number of aromatic nitrogens is 1. The van der Waals surface area contributed by atoms with E-state index in [0.29, 0.717) is 13.1 Å². The zero-order valence-electron chi connectivity index (χ0n) is 12.4. The summed E-state index contributed by atoms with van der Waals surface area (Å²) < 4.78 is 24.6. The second-order valence-corrected chi connectivity index (χ2v) is 7.65. The van der Waals surface area contributed by atoms with Crippen LogP contribution in [0.5, 0.6) is 5.75 Å². The number of hydrogen-bond acceptors (Lipinski definition) is 5. The lowest BCUT2D eigenvalue weighted by atomic mass is 10.0. The molecular weight excluding hydrogens is 302 g/mol. The molecule has 1 aliphatic heterocycles. The van der Waals surface area contributed by atoms with Crippen LogP contribution in [0.15, 0.2) is 30.6 Å². The molecule has 2 N–H and O–H groups in total. The van der Waals surface area contributed by atoms with Gasteiger partial charge >= 0.3 is 0 Å². The first-order chi connectivity index (χ1) is 10.4. The first-order valence-corrected chi connectivity index (χ1v) is 9.07. The number of piperidine rings is 1. The summed E-state index contributed by atoms with van der Waals surface area (Å²) in [6.45, 7) is 1.04. The molecule has 0 saturated carbocycles. The average molecular weight is 321 g/mol. The summed E-state index contributed by atoms with van der Waals surface area (Å²) in [6, 6.07) is 5.43. The molecular formula is C15H19N3O3S. The van der Waals surface area contributed by atoms with Crippen LogP contribution in [-0.4, -0.2) is 48.2 Å². The lowest BCUT2D eigenvalue weighted by molar-refractivity contribution is 0.332. The SMILES string of the molecule is CS(=O)(=O)N1CCC(Nc2cc(O)cc3ccncc23)CC1. The number of phenols is 1. The Morgan fingerprint density at radius 3 is 2.73 bits per heavy atom. The van der Waals surface area contributed by atoms with Gasteiger partial charge < -0.3 is 10.4 Å². The average Bonchev–Trinajstić information content (AvgIpc) is 2.46. The number of benzene rings is 1. The molecule has 1 aromatic heterocycles. The third-order valence-electron chi connectivity index (χ3n) is 4.02. The van der Waals surface area contributed by atoms with Crippen molar-refractivity contribution in [2.75, 3.05) is 24.7 Å². The van der Waals surface area contributed by atoms with Crippen molar-refractivity contribution >= 4 is 26.5 Å². The summed E-state index contributed by atoms with van der Waals surface area (Å²) in [5, 5.41) is 15.1. The molecule has 0 atom stereocenters. The molecule has 2 aromatic rings. The molecule has 118 valence electrons. The number of phenolic OH excluding ortho intramolecular Hbond substituents is 1. The van der Waals surface area contributed by atoms with E-state index in [0.717, 1.165) is 29.3 Å². The Bertz CT molecular complexity index is 784. The summed E-state index contributed by atoms with van der Waals surface area (Å²) in [7, 11) is -3.11. The minimum Gasteiger partial charge on any atom is -0.508 e. The van der Waals surface area contributed by atoms with Gasteiger partial charge in [-0.25, -0.2) is 12.7 Å². The van der Waals surface area contributed by atoms with Crippen LogP contribution in [0.2, 0.25) is 0 Å². The first kappa shape index (κ1) is 15.1. The molecule has 2 heterocycles. The fraction of sp³-hybridized carbons (Fsp3) is 0.400. The second kappa shape index (κ2) is 5.73. The highest BCUT2D eigenvalue weighted by Gasteiger charge is 2.25. The molecule has 0 aliphatic carbocycles. The van der Waals surface area contributed by atoms with Crippen molar-refractivity contribution in [1.29, 1.82) is 0 Å². The third kappa shape index (κ3) is 3.15. The van der Waals surface area contributed by atoms with Gasteiger partial charge in [0.2, 0.25) is 10.0 Å². The number of aromatic hydroxyl groups is 1. The number of sulfonamides is 1. The fourth-order valence-electron chi connectivity index (χ4n) is 2.85. The molecule has 0 amide bonds. The Morgan fingerprint density at radius 1 is 1.32 bits per heavy atom. The van der Waals surface area contributed by atoms with E-state index >= 15 is 0 Å². The summed E-state index contributed by atoms with van der Waals surface area (Å²) in [4.78, 5) is 4.13. The summed E-state index contributed by atoms with van der Waals surface area (Å²) in [6.07, 6.45) is 6.18. The molecule has 0 unspecified atom stereocenters. The summed E-state index contributed by atoms with van der Waals surface area (Å²) in [5.41, 5.74) is 0.834. The summed E-state index contributed by atoms with van der Waals surface area (Å²) in [5.74, 6) is 0.203. The first-order valence-electron chi connectivity index (χ1n) is 7.22. The quantitative estimate of drug-likeness (QED) is 0.900. The van der Waals surface area contributed by atoms with Crippen molar-refractivity contribution in [3.8, 4) is 5.75 Å². The number of anilines is 1. The van der Waals surface area contributed by atoms with Gasteiger partial charge in [0.05, 0.1) is 6.26 Å². The molecule has 7 heteroatoms. The van der Waals surface area contributed by atoms with Crippen molar-refractivity contribution in [2.24, 2.45) is 0 Å². The van der Waals surface area contributed by atoms with Crippen LogP contribution in [-0.2, 0) is 10.0 Å². The van der Waals surface area contributed by atoms with Crippen molar-refractivity contribution in [2.45, 2.75) is 18.9 Å². The second-order valence-electron chi connectivity index (χ2n) is 5.67. The number of fused-ring (bicyclic) bond motifs is 1. The van der Waals surface area contributed by atoms with E-state index in [4.69, 9.17) is 0 Å². The Morgan fingerprint density at radius 2 is 2.05 bits per heavy atom. The van der Waals surface area contributed by atoms with E-state index in [2.05, 4.69) is 10.3 Å². The van der Waals surface area contributed by atoms with Crippen LogP contribution in [0.4, 0.5) is 5.69 Å². The fourth-order valence-corrected chi connectivity index (χ4v) is 3.73. The number of rotatable bonds is 3. The Kier molecular flexibility index (Phi) is 3.92. The highest BCUT2D eigenvalue weighted by molar-refractivity contribution is 7.88. The van der Waals surface area contributed by atoms with Crippen LogP contribution in [0.3, 0.4) is 0 Å². The molecule has 1 fully saturated rings. The van der Waals surface area contributed by atoms with E-state index in [1.807, 2.05) is 6.07 Å². The van der Waals surface area contributed by atoms with Crippen molar-refractivity contribution in [1.82, 2.24) is 9.29 Å². The molecule has 6 nitrogen and oxygen atoms in total. The van der Waals surface area contributed by atoms with Crippen LogP contribution in [0.25, 0.3) is 10.8 Å². The topological polar surface area (TPSA) is 82.5 Å². The van der Waals surface area contributed by atoms with Crippen molar-refractivity contribution < 1.29 is 13.5 Å². The van der Waals surface area contributed by atoms with Crippen molar-refractivity contribution in [3.05, 3.63) is 30.6 Å². The normalized spacial score (nSPS) is 17.7. The molecule has 1 aliphatic rings. The number of nitrogens with zero attached hydrogens (tertiary/aromatic N) is 2. The van der Waals surface area contributed by atoms with Gasteiger partial charge in [-0.05, 0) is 30.4 Å². The Hall–Kier alpha value is -1.86. The van der Waals surface area contributed by atoms with Gasteiger partial charge in [0, 0.05) is 48.7 Å². The standard InChI is InChI=1S/C15H19N3O3S/c1-22(20,21)18-6-3-12(4-7-18)17-15-9-13(19)8-11-2-5-16-10-14(11)15/h2,5,8-10,12,17,19H,3-4,6-7H2,1H3. The molecule has 0 spiro atoms. The minimum atomic E-state index is -3.11. The maximum atomic E-state index is 11.5. The van der Waals surface area contributed by atoms with Crippen LogP contribution in [0.1, 0.15) is 12.8 Å². The van der Waals surface area contributed by atoms with E-state index in [-0.39, 0.29) is 11.8 Å². The van der Waals surface area contributed by atoms with Gasteiger partial charge in [-0.15, -0.1) is 0 Å². The largest absolute Gasteiger partial charge is 0.508 e. The van der Waals surface area contributed by atoms with E-state index in [9.17, 15) is 13.5 Å². The molecule has 0 radical (unpaired) electrons.